The van der Waals surface area contributed by atoms with Gasteiger partial charge in [-0.1, -0.05) is 24.3 Å². The summed E-state index contributed by atoms with van der Waals surface area (Å²) in [4.78, 5) is 16.0. The first-order chi connectivity index (χ1) is 8.81. The zero-order valence-electron chi connectivity index (χ0n) is 10.0. The number of hydrogen-bond acceptors (Lipinski definition) is 3. The molecule has 2 aromatic rings. The molecule has 4 heteroatoms. The maximum Gasteiger partial charge on any atom is 0.238 e. The van der Waals surface area contributed by atoms with Crippen molar-refractivity contribution >= 4 is 22.5 Å². The number of rotatable bonds is 5. The van der Waals surface area contributed by atoms with Gasteiger partial charge in [0.1, 0.15) is 0 Å². The number of carbonyl (C=O) groups is 1. The van der Waals surface area contributed by atoms with E-state index < -0.39 is 0 Å². The third-order valence-electron chi connectivity index (χ3n) is 2.48. The number of para-hydroxylation sites is 1. The second-order valence-corrected chi connectivity index (χ2v) is 3.85. The summed E-state index contributed by atoms with van der Waals surface area (Å²) in [6.07, 6.45) is 3.43. The lowest BCUT2D eigenvalue weighted by Crippen LogP contribution is -2.28. The Morgan fingerprint density at radius 3 is 3.00 bits per heavy atom. The van der Waals surface area contributed by atoms with Crippen molar-refractivity contribution in [1.29, 1.82) is 0 Å². The number of aromatic nitrogens is 1. The van der Waals surface area contributed by atoms with Gasteiger partial charge in [0.25, 0.3) is 0 Å². The molecule has 2 N–H and O–H groups in total. The molecule has 0 aliphatic rings. The average Bonchev–Trinajstić information content (AvgIpc) is 2.39. The molecule has 1 amide bonds. The third-order valence-corrected chi connectivity index (χ3v) is 2.48. The minimum atomic E-state index is -0.0880. The number of anilines is 1. The lowest BCUT2D eigenvalue weighted by atomic mass is 10.2. The van der Waals surface area contributed by atoms with Crippen LogP contribution >= 0.6 is 0 Å². The van der Waals surface area contributed by atoms with Gasteiger partial charge in [0, 0.05) is 18.1 Å². The van der Waals surface area contributed by atoms with E-state index in [1.165, 1.54) is 0 Å². The van der Waals surface area contributed by atoms with Crippen LogP contribution < -0.4 is 10.6 Å². The maximum absolute atomic E-state index is 11.7. The van der Waals surface area contributed by atoms with Gasteiger partial charge in [0.05, 0.1) is 17.7 Å². The van der Waals surface area contributed by atoms with Gasteiger partial charge in [0.2, 0.25) is 5.91 Å². The molecule has 1 aromatic heterocycles. The molecule has 0 unspecified atom stereocenters. The summed E-state index contributed by atoms with van der Waals surface area (Å²) in [5.74, 6) is -0.0880. The number of fused-ring (bicyclic) bond motifs is 1. The second kappa shape index (κ2) is 5.93. The maximum atomic E-state index is 11.7. The van der Waals surface area contributed by atoms with Crippen LogP contribution in [-0.4, -0.2) is 24.0 Å². The van der Waals surface area contributed by atoms with Crippen LogP contribution in [0.5, 0.6) is 0 Å². The van der Waals surface area contributed by atoms with Crippen LogP contribution in [0.2, 0.25) is 0 Å². The van der Waals surface area contributed by atoms with Crippen LogP contribution in [0, 0.1) is 0 Å². The van der Waals surface area contributed by atoms with Crippen LogP contribution in [-0.2, 0) is 4.79 Å². The van der Waals surface area contributed by atoms with Gasteiger partial charge < -0.3 is 10.6 Å². The Morgan fingerprint density at radius 1 is 1.33 bits per heavy atom. The topological polar surface area (TPSA) is 54.0 Å². The Kier molecular flexibility index (Phi) is 4.04. The summed E-state index contributed by atoms with van der Waals surface area (Å²) < 4.78 is 0. The van der Waals surface area contributed by atoms with Crippen LogP contribution in [0.15, 0.2) is 49.2 Å². The molecule has 2 rings (SSSR count). The SMILES string of the molecule is C=CCNCC(=O)Nc1cccc2cccnc12. The van der Waals surface area contributed by atoms with Gasteiger partial charge in [-0.3, -0.25) is 9.78 Å². The molecule has 4 nitrogen and oxygen atoms in total. The first kappa shape index (κ1) is 12.3. The van der Waals surface area contributed by atoms with Crippen molar-refractivity contribution < 1.29 is 4.79 Å². The molecular weight excluding hydrogens is 226 g/mol. The molecule has 0 aliphatic carbocycles. The van der Waals surface area contributed by atoms with Crippen molar-refractivity contribution in [3.63, 3.8) is 0 Å². The highest BCUT2D eigenvalue weighted by Crippen LogP contribution is 2.20. The standard InChI is InChI=1S/C14H15N3O/c1-2-8-15-10-13(18)17-12-7-3-5-11-6-4-9-16-14(11)12/h2-7,9,15H,1,8,10H2,(H,17,18). The van der Waals surface area contributed by atoms with Gasteiger partial charge in [-0.2, -0.15) is 0 Å². The Balaban J connectivity index is 2.11. The molecule has 1 heterocycles. The van der Waals surface area contributed by atoms with E-state index in [2.05, 4.69) is 22.2 Å². The van der Waals surface area contributed by atoms with Crippen molar-refractivity contribution in [2.75, 3.05) is 18.4 Å². The third kappa shape index (κ3) is 2.93. The zero-order valence-corrected chi connectivity index (χ0v) is 10.0. The minimum Gasteiger partial charge on any atom is -0.323 e. The fourth-order valence-corrected chi connectivity index (χ4v) is 1.69. The second-order valence-electron chi connectivity index (χ2n) is 3.85. The molecule has 0 saturated carbocycles. The van der Waals surface area contributed by atoms with Crippen LogP contribution in [0.3, 0.4) is 0 Å². The highest BCUT2D eigenvalue weighted by atomic mass is 16.1. The molecule has 0 aliphatic heterocycles. The van der Waals surface area contributed by atoms with Crippen molar-refractivity contribution in [2.45, 2.75) is 0 Å². The molecule has 0 spiro atoms. The van der Waals surface area contributed by atoms with Crippen molar-refractivity contribution in [2.24, 2.45) is 0 Å². The summed E-state index contributed by atoms with van der Waals surface area (Å²) in [6.45, 7) is 4.45. The van der Waals surface area contributed by atoms with Gasteiger partial charge in [-0.25, -0.2) is 0 Å². The number of nitrogens with one attached hydrogen (secondary N) is 2. The van der Waals surface area contributed by atoms with E-state index in [4.69, 9.17) is 0 Å². The lowest BCUT2D eigenvalue weighted by molar-refractivity contribution is -0.115. The molecule has 18 heavy (non-hydrogen) atoms. The monoisotopic (exact) mass is 241 g/mol. The van der Waals surface area contributed by atoms with Crippen LogP contribution in [0.25, 0.3) is 10.9 Å². The summed E-state index contributed by atoms with van der Waals surface area (Å²) in [7, 11) is 0. The van der Waals surface area contributed by atoms with E-state index in [9.17, 15) is 4.79 Å². The smallest absolute Gasteiger partial charge is 0.238 e. The fraction of sp³-hybridized carbons (Fsp3) is 0.143. The Bertz CT molecular complexity index is 560. The van der Waals surface area contributed by atoms with E-state index in [-0.39, 0.29) is 12.5 Å². The summed E-state index contributed by atoms with van der Waals surface area (Å²) >= 11 is 0. The first-order valence-corrected chi connectivity index (χ1v) is 5.76. The molecule has 0 fully saturated rings. The van der Waals surface area contributed by atoms with Gasteiger partial charge in [-0.15, -0.1) is 6.58 Å². The van der Waals surface area contributed by atoms with Crippen molar-refractivity contribution in [3.8, 4) is 0 Å². The van der Waals surface area contributed by atoms with Crippen molar-refractivity contribution in [3.05, 3.63) is 49.2 Å². The highest BCUT2D eigenvalue weighted by molar-refractivity contribution is 6.00. The number of nitrogens with zero attached hydrogens (tertiary/aromatic N) is 1. The highest BCUT2D eigenvalue weighted by Gasteiger charge is 2.05. The van der Waals surface area contributed by atoms with Crippen molar-refractivity contribution in [1.82, 2.24) is 10.3 Å². The number of hydrogen-bond donors (Lipinski definition) is 2. The van der Waals surface area contributed by atoms with E-state index in [0.29, 0.717) is 6.54 Å². The van der Waals surface area contributed by atoms with E-state index in [0.717, 1.165) is 16.6 Å². The molecular formula is C14H15N3O. The number of carbonyl (C=O) groups excluding carboxylic acids is 1. The normalized spacial score (nSPS) is 10.2. The summed E-state index contributed by atoms with van der Waals surface area (Å²) in [5, 5.41) is 6.81. The number of benzene rings is 1. The molecule has 0 bridgehead atoms. The quantitative estimate of drug-likeness (QED) is 0.621. The number of pyridine rings is 1. The van der Waals surface area contributed by atoms with Gasteiger partial charge >= 0.3 is 0 Å². The Hall–Kier alpha value is -2.20. The molecule has 0 radical (unpaired) electrons. The molecule has 92 valence electrons. The van der Waals surface area contributed by atoms with E-state index >= 15 is 0 Å². The van der Waals surface area contributed by atoms with Gasteiger partial charge in [0.15, 0.2) is 0 Å². The van der Waals surface area contributed by atoms with E-state index in [1.807, 2.05) is 30.3 Å². The lowest BCUT2D eigenvalue weighted by Gasteiger charge is -2.08. The molecule has 0 atom stereocenters. The van der Waals surface area contributed by atoms with Gasteiger partial charge in [-0.05, 0) is 12.1 Å². The molecule has 0 saturated heterocycles. The average molecular weight is 241 g/mol. The minimum absolute atomic E-state index is 0.0880. The summed E-state index contributed by atoms with van der Waals surface area (Å²) in [6, 6.07) is 9.55. The molecule has 1 aromatic carbocycles. The van der Waals surface area contributed by atoms with E-state index in [1.54, 1.807) is 12.3 Å². The summed E-state index contributed by atoms with van der Waals surface area (Å²) in [5.41, 5.74) is 1.54. The number of amides is 1. The predicted molar refractivity (Wildman–Crippen MR) is 73.4 cm³/mol. The van der Waals surface area contributed by atoms with Crippen LogP contribution in [0.4, 0.5) is 5.69 Å². The predicted octanol–water partition coefficient (Wildman–Crippen LogP) is 1.95. The largest absolute Gasteiger partial charge is 0.323 e. The fourth-order valence-electron chi connectivity index (χ4n) is 1.69. The Labute approximate surface area is 106 Å². The Morgan fingerprint density at radius 2 is 2.17 bits per heavy atom. The first-order valence-electron chi connectivity index (χ1n) is 5.76. The zero-order chi connectivity index (χ0) is 12.8. The van der Waals surface area contributed by atoms with Crippen LogP contribution in [0.1, 0.15) is 0 Å².